The van der Waals surface area contributed by atoms with Crippen LogP contribution in [0.4, 0.5) is 18.9 Å². The first-order valence-electron chi connectivity index (χ1n) is 9.22. The van der Waals surface area contributed by atoms with Crippen molar-refractivity contribution in [3.05, 3.63) is 48.3 Å². The van der Waals surface area contributed by atoms with Crippen LogP contribution in [-0.2, 0) is 9.53 Å². The molecule has 1 N–H and O–H groups in total. The van der Waals surface area contributed by atoms with E-state index < -0.39 is 30.7 Å². The van der Waals surface area contributed by atoms with Gasteiger partial charge in [0.25, 0.3) is 5.91 Å². The number of carbonyl (C=O) groups excluding carboxylic acids is 1. The van der Waals surface area contributed by atoms with Gasteiger partial charge in [-0.15, -0.1) is 5.10 Å². The average molecular weight is 404 g/mol. The third-order valence-electron chi connectivity index (χ3n) is 5.06. The minimum atomic E-state index is -4.30. The largest absolute Gasteiger partial charge is 0.394 e. The van der Waals surface area contributed by atoms with Gasteiger partial charge in [-0.1, -0.05) is 6.07 Å². The number of rotatable bonds is 3. The number of hydrogen-bond acceptors (Lipinski definition) is 4. The van der Waals surface area contributed by atoms with E-state index in [1.54, 1.807) is 22.8 Å². The summed E-state index contributed by atoms with van der Waals surface area (Å²) in [6.07, 6.45) is -1.76. The van der Waals surface area contributed by atoms with Crippen molar-refractivity contribution >= 4 is 17.1 Å². The van der Waals surface area contributed by atoms with E-state index in [1.807, 2.05) is 31.3 Å². The van der Waals surface area contributed by atoms with E-state index in [2.05, 4.69) is 15.4 Å². The van der Waals surface area contributed by atoms with Crippen molar-refractivity contribution in [1.82, 2.24) is 14.6 Å². The molecule has 0 radical (unpaired) electrons. The lowest BCUT2D eigenvalue weighted by Crippen LogP contribution is -2.40. The van der Waals surface area contributed by atoms with Crippen LogP contribution in [0.25, 0.3) is 16.9 Å². The number of ether oxygens (including phenoxy) is 1. The van der Waals surface area contributed by atoms with Gasteiger partial charge in [0.05, 0.1) is 24.2 Å². The lowest BCUT2D eigenvalue weighted by atomic mass is 9.97. The van der Waals surface area contributed by atoms with Gasteiger partial charge >= 0.3 is 6.18 Å². The number of alkyl halides is 3. The molecular formula is C20H19F3N4O2. The fourth-order valence-corrected chi connectivity index (χ4v) is 3.34. The molecule has 0 aliphatic carbocycles. The van der Waals surface area contributed by atoms with Gasteiger partial charge in [0.1, 0.15) is 6.10 Å². The number of hydrogen-bond donors (Lipinski definition) is 1. The summed E-state index contributed by atoms with van der Waals surface area (Å²) in [6.45, 7) is 1.41. The average Bonchev–Trinajstić information content (AvgIpc) is 3.16. The molecule has 3 heterocycles. The summed E-state index contributed by atoms with van der Waals surface area (Å²) in [4.78, 5) is 16.8. The molecule has 0 unspecified atom stereocenters. The number of nitrogens with one attached hydrogen (secondary N) is 1. The van der Waals surface area contributed by atoms with Gasteiger partial charge in [-0.2, -0.15) is 13.2 Å². The molecule has 1 saturated heterocycles. The van der Waals surface area contributed by atoms with E-state index in [9.17, 15) is 18.0 Å². The molecule has 152 valence electrons. The smallest absolute Gasteiger partial charge is 0.368 e. The van der Waals surface area contributed by atoms with E-state index in [0.717, 1.165) is 16.6 Å². The van der Waals surface area contributed by atoms with E-state index in [4.69, 9.17) is 4.74 Å². The van der Waals surface area contributed by atoms with Crippen LogP contribution in [-0.4, -0.2) is 39.4 Å². The second-order valence-corrected chi connectivity index (χ2v) is 7.12. The Labute approximate surface area is 164 Å². The second kappa shape index (κ2) is 7.47. The molecule has 1 amide bonds. The summed E-state index contributed by atoms with van der Waals surface area (Å²) in [5.41, 5.74) is 3.05. The highest BCUT2D eigenvalue weighted by Gasteiger charge is 2.43. The molecule has 2 atom stereocenters. The van der Waals surface area contributed by atoms with Crippen LogP contribution in [0.15, 0.2) is 42.7 Å². The Hall–Kier alpha value is -2.94. The summed E-state index contributed by atoms with van der Waals surface area (Å²) in [6, 6.07) is 9.06. The van der Waals surface area contributed by atoms with Crippen molar-refractivity contribution in [2.45, 2.75) is 32.0 Å². The Morgan fingerprint density at radius 2 is 2.10 bits per heavy atom. The molecule has 0 saturated carbocycles. The van der Waals surface area contributed by atoms with E-state index in [1.165, 1.54) is 0 Å². The van der Waals surface area contributed by atoms with Crippen LogP contribution in [0.5, 0.6) is 0 Å². The molecule has 3 aromatic rings. The quantitative estimate of drug-likeness (QED) is 0.717. The lowest BCUT2D eigenvalue weighted by molar-refractivity contribution is -0.207. The fourth-order valence-electron chi connectivity index (χ4n) is 3.34. The van der Waals surface area contributed by atoms with Crippen molar-refractivity contribution in [2.24, 2.45) is 5.92 Å². The normalized spacial score (nSPS) is 20.0. The number of halogens is 3. The zero-order valence-corrected chi connectivity index (χ0v) is 15.6. The summed E-state index contributed by atoms with van der Waals surface area (Å²) >= 11 is 0. The molecule has 0 spiro atoms. The van der Waals surface area contributed by atoms with Gasteiger partial charge in [0, 0.05) is 17.4 Å². The van der Waals surface area contributed by atoms with Gasteiger partial charge in [0.15, 0.2) is 5.82 Å². The van der Waals surface area contributed by atoms with Crippen molar-refractivity contribution in [2.75, 3.05) is 11.9 Å². The number of benzene rings is 1. The number of aromatic nitrogens is 3. The monoisotopic (exact) mass is 404 g/mol. The standard InChI is InChI=1S/C20H19F3N4O2/c1-12-4-6-14(9-16(12)18-24-10-15-3-2-8-27(15)26-18)25-19(28)17-7-5-13(11-29-17)20(21,22)23/h2-4,6,8-10,13,17H,5,7,11H2,1H3,(H,25,28)/t13-,17-/m0/s1. The maximum absolute atomic E-state index is 12.7. The fraction of sp³-hybridized carbons (Fsp3) is 0.350. The van der Waals surface area contributed by atoms with Crippen LogP contribution >= 0.6 is 0 Å². The van der Waals surface area contributed by atoms with E-state index in [0.29, 0.717) is 11.5 Å². The van der Waals surface area contributed by atoms with Crippen molar-refractivity contribution in [3.8, 4) is 11.4 Å². The Balaban J connectivity index is 1.48. The van der Waals surface area contributed by atoms with Crippen LogP contribution in [0.2, 0.25) is 0 Å². The molecule has 2 aromatic heterocycles. The first-order chi connectivity index (χ1) is 13.8. The predicted octanol–water partition coefficient (Wildman–Crippen LogP) is 4.00. The third-order valence-corrected chi connectivity index (χ3v) is 5.06. The molecule has 9 heteroatoms. The number of carbonyl (C=O) groups is 1. The minimum absolute atomic E-state index is 0.0299. The topological polar surface area (TPSA) is 68.5 Å². The van der Waals surface area contributed by atoms with Crippen LogP contribution in [0.3, 0.4) is 0 Å². The van der Waals surface area contributed by atoms with Crippen molar-refractivity contribution < 1.29 is 22.7 Å². The summed E-state index contributed by atoms with van der Waals surface area (Å²) < 4.78 is 45.1. The number of nitrogens with zero attached hydrogens (tertiary/aromatic N) is 3. The molecule has 6 nitrogen and oxygen atoms in total. The SMILES string of the molecule is Cc1ccc(NC(=O)[C@@H]2CC[C@H](C(F)(F)F)CO2)cc1-c1ncc2cccn2n1. The lowest BCUT2D eigenvalue weighted by Gasteiger charge is -2.29. The second-order valence-electron chi connectivity index (χ2n) is 7.12. The molecule has 1 aliphatic rings. The molecule has 4 rings (SSSR count). The zero-order valence-electron chi connectivity index (χ0n) is 15.6. The number of amides is 1. The first-order valence-corrected chi connectivity index (χ1v) is 9.22. The highest BCUT2D eigenvalue weighted by Crippen LogP contribution is 2.34. The molecule has 0 bridgehead atoms. The Morgan fingerprint density at radius 3 is 2.83 bits per heavy atom. The van der Waals surface area contributed by atoms with E-state index in [-0.39, 0.29) is 12.8 Å². The third kappa shape index (κ3) is 4.09. The Bertz CT molecular complexity index is 1040. The first kappa shape index (κ1) is 19.4. The summed E-state index contributed by atoms with van der Waals surface area (Å²) in [7, 11) is 0. The van der Waals surface area contributed by atoms with Crippen molar-refractivity contribution in [1.29, 1.82) is 0 Å². The summed E-state index contributed by atoms with van der Waals surface area (Å²) in [5, 5.41) is 7.20. The van der Waals surface area contributed by atoms with Gasteiger partial charge in [0.2, 0.25) is 0 Å². The molecule has 1 aromatic carbocycles. The predicted molar refractivity (Wildman–Crippen MR) is 100 cm³/mol. The number of fused-ring (bicyclic) bond motifs is 1. The van der Waals surface area contributed by atoms with Crippen molar-refractivity contribution in [3.63, 3.8) is 0 Å². The molecular weight excluding hydrogens is 385 g/mol. The zero-order chi connectivity index (χ0) is 20.6. The maximum Gasteiger partial charge on any atom is 0.394 e. The maximum atomic E-state index is 12.7. The highest BCUT2D eigenvalue weighted by atomic mass is 19.4. The number of aryl methyl sites for hydroxylation is 1. The van der Waals surface area contributed by atoms with Gasteiger partial charge in [-0.05, 0) is 49.6 Å². The summed E-state index contributed by atoms with van der Waals surface area (Å²) in [5.74, 6) is -1.47. The number of anilines is 1. The van der Waals surface area contributed by atoms with Gasteiger partial charge < -0.3 is 10.1 Å². The Morgan fingerprint density at radius 1 is 1.28 bits per heavy atom. The van der Waals surface area contributed by atoms with Crippen LogP contribution in [0, 0.1) is 12.8 Å². The molecule has 1 fully saturated rings. The molecule has 29 heavy (non-hydrogen) atoms. The van der Waals surface area contributed by atoms with Gasteiger partial charge in [-0.25, -0.2) is 9.50 Å². The van der Waals surface area contributed by atoms with Gasteiger partial charge in [-0.3, -0.25) is 4.79 Å². The molecule has 1 aliphatic heterocycles. The van der Waals surface area contributed by atoms with Crippen LogP contribution < -0.4 is 5.32 Å². The van der Waals surface area contributed by atoms with Crippen LogP contribution in [0.1, 0.15) is 18.4 Å². The minimum Gasteiger partial charge on any atom is -0.368 e. The Kier molecular flexibility index (Phi) is 4.99. The van der Waals surface area contributed by atoms with E-state index >= 15 is 0 Å². The highest BCUT2D eigenvalue weighted by molar-refractivity contribution is 5.94.